The van der Waals surface area contributed by atoms with E-state index in [1.54, 1.807) is 6.26 Å². The molecular weight excluding hydrogens is 376 g/mol. The standard InChI is InChI=1S/C22H30O7/c1-11-6-17(27-12(2)23)22-15(8-14(28-19(22)24)9-21(22)10-26-21)20(11,3)16-7-13-4-5-25-18(13)29-16/h4-5,11,13-19,24H,6-10H2,1-3H3/t11-,13-,14-,15-,16+,17+,18+,19+,20+,21+,22+/m1/s1. The fraction of sp³-hybridized carbons (Fsp3) is 0.864. The lowest BCUT2D eigenvalue weighted by molar-refractivity contribution is -0.375. The van der Waals surface area contributed by atoms with Gasteiger partial charge in [0.15, 0.2) is 6.29 Å². The zero-order valence-corrected chi connectivity index (χ0v) is 17.2. The molecule has 7 aliphatic rings. The molecule has 2 bridgehead atoms. The number of aliphatic hydroxyl groups is 1. The molecule has 5 heterocycles. The molecule has 29 heavy (non-hydrogen) atoms. The highest BCUT2D eigenvalue weighted by Gasteiger charge is 2.82. The Kier molecular flexibility index (Phi) is 3.69. The molecule has 11 atom stereocenters. The maximum absolute atomic E-state index is 12.0. The monoisotopic (exact) mass is 406 g/mol. The van der Waals surface area contributed by atoms with E-state index >= 15 is 0 Å². The Bertz CT molecular complexity index is 762. The Morgan fingerprint density at radius 2 is 2.03 bits per heavy atom. The average Bonchev–Trinajstić information content (AvgIpc) is 3.09. The summed E-state index contributed by atoms with van der Waals surface area (Å²) >= 11 is 0. The van der Waals surface area contributed by atoms with Crippen LogP contribution in [0.5, 0.6) is 0 Å². The van der Waals surface area contributed by atoms with Crippen molar-refractivity contribution in [3.8, 4) is 0 Å². The van der Waals surface area contributed by atoms with Gasteiger partial charge in [0.05, 0.1) is 30.5 Å². The van der Waals surface area contributed by atoms with Gasteiger partial charge in [-0.2, -0.15) is 0 Å². The van der Waals surface area contributed by atoms with Crippen molar-refractivity contribution in [2.75, 3.05) is 6.61 Å². The lowest BCUT2D eigenvalue weighted by Gasteiger charge is -2.68. The normalized spacial score (nSPS) is 59.3. The molecule has 7 heteroatoms. The third kappa shape index (κ3) is 2.15. The van der Waals surface area contributed by atoms with Crippen molar-refractivity contribution in [2.45, 2.75) is 82.9 Å². The van der Waals surface area contributed by atoms with Crippen molar-refractivity contribution < 1.29 is 33.6 Å². The second kappa shape index (κ2) is 5.75. The number of carbonyl (C=O) groups is 1. The van der Waals surface area contributed by atoms with E-state index in [9.17, 15) is 9.90 Å². The van der Waals surface area contributed by atoms with Gasteiger partial charge >= 0.3 is 5.97 Å². The van der Waals surface area contributed by atoms with Gasteiger partial charge in [-0.3, -0.25) is 4.79 Å². The third-order valence-electron chi connectivity index (χ3n) is 9.23. The van der Waals surface area contributed by atoms with Crippen LogP contribution in [0.2, 0.25) is 0 Å². The molecule has 7 rings (SSSR count). The highest BCUT2D eigenvalue weighted by atomic mass is 16.7. The average molecular weight is 406 g/mol. The predicted octanol–water partition coefficient (Wildman–Crippen LogP) is 2.12. The van der Waals surface area contributed by atoms with E-state index < -0.39 is 23.4 Å². The summed E-state index contributed by atoms with van der Waals surface area (Å²) in [5.74, 6) is 0.276. The highest BCUT2D eigenvalue weighted by Crippen LogP contribution is 2.73. The number of hydrogen-bond acceptors (Lipinski definition) is 7. The minimum atomic E-state index is -1.00. The number of carbonyl (C=O) groups excluding carboxylic acids is 1. The van der Waals surface area contributed by atoms with Gasteiger partial charge in [-0.1, -0.05) is 13.8 Å². The summed E-state index contributed by atoms with van der Waals surface area (Å²) in [6, 6.07) is 0. The fourth-order valence-electron chi connectivity index (χ4n) is 7.70. The number of rotatable bonds is 2. The molecule has 0 aromatic heterocycles. The summed E-state index contributed by atoms with van der Waals surface area (Å²) in [7, 11) is 0. The molecule has 6 fully saturated rings. The Balaban J connectivity index is 1.46. The molecule has 0 aromatic carbocycles. The van der Waals surface area contributed by atoms with Gasteiger partial charge in [-0.25, -0.2) is 0 Å². The second-order valence-corrected chi connectivity index (χ2v) is 10.3. The molecule has 160 valence electrons. The summed E-state index contributed by atoms with van der Waals surface area (Å²) in [5, 5.41) is 11.3. The summed E-state index contributed by atoms with van der Waals surface area (Å²) < 4.78 is 30.1. The summed E-state index contributed by atoms with van der Waals surface area (Å²) in [4.78, 5) is 12.0. The molecule has 2 spiro atoms. The highest BCUT2D eigenvalue weighted by molar-refractivity contribution is 5.66. The first-order valence-corrected chi connectivity index (χ1v) is 10.9. The molecule has 5 aliphatic heterocycles. The number of aliphatic hydroxyl groups excluding tert-OH is 1. The van der Waals surface area contributed by atoms with Gasteiger partial charge in [-0.15, -0.1) is 0 Å². The van der Waals surface area contributed by atoms with Crippen LogP contribution in [0, 0.1) is 28.6 Å². The Morgan fingerprint density at radius 3 is 2.72 bits per heavy atom. The molecular formula is C22H30O7. The van der Waals surface area contributed by atoms with Crippen LogP contribution in [0.4, 0.5) is 0 Å². The first-order valence-electron chi connectivity index (χ1n) is 10.9. The lowest BCUT2D eigenvalue weighted by atomic mass is 9.40. The molecule has 7 nitrogen and oxygen atoms in total. The largest absolute Gasteiger partial charge is 0.472 e. The van der Waals surface area contributed by atoms with Crippen LogP contribution < -0.4 is 0 Å². The van der Waals surface area contributed by atoms with E-state index in [4.69, 9.17) is 23.7 Å². The van der Waals surface area contributed by atoms with Crippen LogP contribution in [0.3, 0.4) is 0 Å². The molecule has 2 saturated carbocycles. The van der Waals surface area contributed by atoms with Crippen molar-refractivity contribution in [1.29, 1.82) is 0 Å². The molecule has 0 amide bonds. The fourth-order valence-corrected chi connectivity index (χ4v) is 7.70. The van der Waals surface area contributed by atoms with Crippen molar-refractivity contribution in [2.24, 2.45) is 28.6 Å². The van der Waals surface area contributed by atoms with E-state index in [1.165, 1.54) is 6.92 Å². The quantitative estimate of drug-likeness (QED) is 0.555. The number of ether oxygens (including phenoxy) is 5. The van der Waals surface area contributed by atoms with Crippen LogP contribution in [0.15, 0.2) is 12.3 Å². The van der Waals surface area contributed by atoms with E-state index in [2.05, 4.69) is 19.9 Å². The van der Waals surface area contributed by atoms with Crippen LogP contribution in [-0.2, 0) is 28.5 Å². The van der Waals surface area contributed by atoms with Gasteiger partial charge in [-0.05, 0) is 37.2 Å². The van der Waals surface area contributed by atoms with Crippen LogP contribution in [-0.4, -0.2) is 54.2 Å². The van der Waals surface area contributed by atoms with Gasteiger partial charge in [0, 0.05) is 24.7 Å². The van der Waals surface area contributed by atoms with Crippen molar-refractivity contribution in [1.82, 2.24) is 0 Å². The molecule has 0 unspecified atom stereocenters. The summed E-state index contributed by atoms with van der Waals surface area (Å²) in [6.07, 6.45) is 5.31. The summed E-state index contributed by atoms with van der Waals surface area (Å²) in [5.41, 5.74) is -1.43. The van der Waals surface area contributed by atoms with Crippen molar-refractivity contribution >= 4 is 5.97 Å². The van der Waals surface area contributed by atoms with Gasteiger partial charge in [0.1, 0.15) is 11.7 Å². The first kappa shape index (κ1) is 18.6. The smallest absolute Gasteiger partial charge is 0.302 e. The minimum Gasteiger partial charge on any atom is -0.472 e. The zero-order chi connectivity index (χ0) is 20.2. The maximum Gasteiger partial charge on any atom is 0.302 e. The van der Waals surface area contributed by atoms with E-state index in [1.807, 2.05) is 0 Å². The lowest BCUT2D eigenvalue weighted by Crippen LogP contribution is -2.76. The number of fused-ring (bicyclic) bond motifs is 2. The van der Waals surface area contributed by atoms with E-state index in [-0.39, 0.29) is 47.6 Å². The molecule has 1 N–H and O–H groups in total. The number of esters is 1. The Labute approximate surface area is 170 Å². The minimum absolute atomic E-state index is 0.0138. The number of hydrogen-bond donors (Lipinski definition) is 1. The molecule has 4 saturated heterocycles. The summed E-state index contributed by atoms with van der Waals surface area (Å²) in [6.45, 7) is 6.56. The van der Waals surface area contributed by atoms with Crippen molar-refractivity contribution in [3.05, 3.63) is 12.3 Å². The van der Waals surface area contributed by atoms with Gasteiger partial charge < -0.3 is 28.8 Å². The van der Waals surface area contributed by atoms with Gasteiger partial charge in [0.25, 0.3) is 0 Å². The van der Waals surface area contributed by atoms with Crippen LogP contribution >= 0.6 is 0 Å². The van der Waals surface area contributed by atoms with Crippen LogP contribution in [0.25, 0.3) is 0 Å². The molecule has 0 radical (unpaired) electrons. The Morgan fingerprint density at radius 1 is 1.24 bits per heavy atom. The first-order chi connectivity index (χ1) is 13.8. The van der Waals surface area contributed by atoms with E-state index in [0.29, 0.717) is 13.0 Å². The third-order valence-corrected chi connectivity index (χ3v) is 9.23. The Hall–Kier alpha value is -1.15. The van der Waals surface area contributed by atoms with Crippen molar-refractivity contribution in [3.63, 3.8) is 0 Å². The number of epoxide rings is 1. The molecule has 2 aliphatic carbocycles. The SMILES string of the molecule is CC(=O)O[C@H]1C[C@@H](C)[C@](C)([C@@H]2C[C@H]3C=CO[C@H]3O2)[C@H]2C[C@@H]3C[C@]4(CO4)[C@]12[C@@H](O)O3. The van der Waals surface area contributed by atoms with Crippen LogP contribution in [0.1, 0.15) is 46.5 Å². The van der Waals surface area contributed by atoms with E-state index in [0.717, 1.165) is 19.3 Å². The molecule has 0 aromatic rings. The maximum atomic E-state index is 12.0. The predicted molar refractivity (Wildman–Crippen MR) is 99.2 cm³/mol. The van der Waals surface area contributed by atoms with Gasteiger partial charge in [0.2, 0.25) is 6.29 Å². The second-order valence-electron chi connectivity index (χ2n) is 10.3. The zero-order valence-electron chi connectivity index (χ0n) is 17.2. The topological polar surface area (TPSA) is 86.8 Å².